The van der Waals surface area contributed by atoms with Gasteiger partial charge in [0.1, 0.15) is 17.2 Å². The molecule has 168 valence electrons. The molecule has 5 heteroatoms. The van der Waals surface area contributed by atoms with E-state index in [4.69, 9.17) is 0 Å². The van der Waals surface area contributed by atoms with Gasteiger partial charge in [0.2, 0.25) is 0 Å². The average Bonchev–Trinajstić information content (AvgIpc) is 2.70. The van der Waals surface area contributed by atoms with Gasteiger partial charge >= 0.3 is 6.18 Å². The van der Waals surface area contributed by atoms with Gasteiger partial charge in [0.25, 0.3) is 0 Å². The molecule has 0 unspecified atom stereocenters. The van der Waals surface area contributed by atoms with Crippen LogP contribution in [0.1, 0.15) is 94.6 Å². The first-order chi connectivity index (χ1) is 14.3. The summed E-state index contributed by atoms with van der Waals surface area (Å²) in [6.45, 7) is 2.28. The van der Waals surface area contributed by atoms with E-state index in [9.17, 15) is 22.0 Å². The van der Waals surface area contributed by atoms with Gasteiger partial charge in [0.05, 0.1) is 0 Å². The third-order valence-electron chi connectivity index (χ3n) is 7.28. The fourth-order valence-corrected chi connectivity index (χ4v) is 5.29. The molecule has 2 saturated carbocycles. The van der Waals surface area contributed by atoms with E-state index in [0.29, 0.717) is 11.5 Å². The van der Waals surface area contributed by atoms with E-state index in [2.05, 4.69) is 19.1 Å². The van der Waals surface area contributed by atoms with Crippen LogP contribution in [0.15, 0.2) is 24.3 Å². The van der Waals surface area contributed by atoms with Crippen molar-refractivity contribution in [1.82, 2.24) is 0 Å². The maximum atomic E-state index is 13.9. The van der Waals surface area contributed by atoms with E-state index in [-0.39, 0.29) is 5.92 Å². The van der Waals surface area contributed by atoms with Crippen LogP contribution in [0.4, 0.5) is 22.0 Å². The van der Waals surface area contributed by atoms with Gasteiger partial charge in [-0.3, -0.25) is 0 Å². The lowest BCUT2D eigenvalue weighted by Gasteiger charge is -2.29. The van der Waals surface area contributed by atoms with Crippen molar-refractivity contribution in [2.24, 2.45) is 17.8 Å². The number of hydrogen-bond acceptors (Lipinski definition) is 0. The number of rotatable bonds is 6. The van der Waals surface area contributed by atoms with Crippen molar-refractivity contribution >= 4 is 0 Å². The molecule has 3 rings (SSSR count). The summed E-state index contributed by atoms with van der Waals surface area (Å²) < 4.78 is 66.0. The fraction of sp³-hybridized carbons (Fsp3) is 0.680. The van der Waals surface area contributed by atoms with Crippen LogP contribution in [0.25, 0.3) is 0 Å². The first-order valence-corrected chi connectivity index (χ1v) is 11.5. The highest BCUT2D eigenvalue weighted by Gasteiger charge is 2.38. The third kappa shape index (κ3) is 6.07. The smallest absolute Gasteiger partial charge is 0.206 e. The van der Waals surface area contributed by atoms with Crippen LogP contribution in [0, 0.1) is 29.4 Å². The van der Waals surface area contributed by atoms with Crippen molar-refractivity contribution < 1.29 is 22.0 Å². The monoisotopic (exact) mass is 428 g/mol. The lowest BCUT2D eigenvalue weighted by atomic mass is 9.77. The second kappa shape index (κ2) is 10.3. The van der Waals surface area contributed by atoms with Crippen molar-refractivity contribution in [3.8, 4) is 0 Å². The number of halogens is 5. The molecule has 0 atom stereocenters. The molecule has 0 bridgehead atoms. The third-order valence-corrected chi connectivity index (χ3v) is 7.28. The summed E-state index contributed by atoms with van der Waals surface area (Å²) in [6.07, 6.45) is 12.0. The normalized spacial score (nSPS) is 28.2. The lowest BCUT2D eigenvalue weighted by molar-refractivity contribution is -0.142. The first kappa shape index (κ1) is 23.3. The summed E-state index contributed by atoms with van der Waals surface area (Å²) >= 11 is 0. The first-order valence-electron chi connectivity index (χ1n) is 11.5. The molecule has 1 aromatic rings. The van der Waals surface area contributed by atoms with Crippen LogP contribution in [0.5, 0.6) is 0 Å². The number of allylic oxidation sites excluding steroid dienone is 2. The fourth-order valence-electron chi connectivity index (χ4n) is 5.29. The zero-order chi connectivity index (χ0) is 21.7. The molecule has 0 aliphatic heterocycles. The molecule has 0 heterocycles. The topological polar surface area (TPSA) is 0 Å². The van der Waals surface area contributed by atoms with Crippen LogP contribution in [-0.4, -0.2) is 0 Å². The van der Waals surface area contributed by atoms with Crippen LogP contribution >= 0.6 is 0 Å². The lowest BCUT2D eigenvalue weighted by Crippen LogP contribution is -2.16. The average molecular weight is 429 g/mol. The molecule has 2 fully saturated rings. The Hall–Kier alpha value is -1.39. The summed E-state index contributed by atoms with van der Waals surface area (Å²) in [5.41, 5.74) is -1.42. The minimum absolute atomic E-state index is 0.0585. The predicted molar refractivity (Wildman–Crippen MR) is 110 cm³/mol. The van der Waals surface area contributed by atoms with Crippen LogP contribution in [0.2, 0.25) is 0 Å². The van der Waals surface area contributed by atoms with E-state index >= 15 is 0 Å². The summed E-state index contributed by atoms with van der Waals surface area (Å²) in [5, 5.41) is 0. The molecule has 2 aliphatic carbocycles. The van der Waals surface area contributed by atoms with E-state index < -0.39 is 23.4 Å². The summed E-state index contributed by atoms with van der Waals surface area (Å²) in [5.74, 6) is -0.831. The summed E-state index contributed by atoms with van der Waals surface area (Å²) in [4.78, 5) is 0. The largest absolute Gasteiger partial charge is 0.422 e. The zero-order valence-corrected chi connectivity index (χ0v) is 17.8. The van der Waals surface area contributed by atoms with Crippen LogP contribution in [-0.2, 0) is 6.18 Å². The van der Waals surface area contributed by atoms with E-state index in [1.807, 2.05) is 0 Å². The molecule has 2 aliphatic rings. The van der Waals surface area contributed by atoms with E-state index in [1.54, 1.807) is 0 Å². The van der Waals surface area contributed by atoms with Crippen molar-refractivity contribution in [3.63, 3.8) is 0 Å². The highest BCUT2D eigenvalue weighted by atomic mass is 19.4. The zero-order valence-electron chi connectivity index (χ0n) is 17.8. The molecule has 0 radical (unpaired) electrons. The molecule has 0 N–H and O–H groups in total. The molecule has 1 aromatic carbocycles. The van der Waals surface area contributed by atoms with Gasteiger partial charge in [-0.05, 0) is 106 Å². The van der Waals surface area contributed by atoms with E-state index in [0.717, 1.165) is 62.5 Å². The Morgan fingerprint density at radius 2 is 1.43 bits per heavy atom. The Bertz CT molecular complexity index is 682. The Morgan fingerprint density at radius 3 is 1.97 bits per heavy atom. The van der Waals surface area contributed by atoms with Crippen molar-refractivity contribution in [2.75, 3.05) is 0 Å². The molecule has 0 aromatic heterocycles. The molecular formula is C25H33F5. The number of hydrogen-bond donors (Lipinski definition) is 0. The second-order valence-electron chi connectivity index (χ2n) is 9.27. The van der Waals surface area contributed by atoms with Gasteiger partial charge < -0.3 is 0 Å². The quantitative estimate of drug-likeness (QED) is 0.314. The Kier molecular flexibility index (Phi) is 7.98. The maximum Gasteiger partial charge on any atom is 0.422 e. The van der Waals surface area contributed by atoms with Gasteiger partial charge in [0.15, 0.2) is 0 Å². The molecular weight excluding hydrogens is 395 g/mol. The molecule has 0 nitrogen and oxygen atoms in total. The van der Waals surface area contributed by atoms with Crippen LogP contribution in [0.3, 0.4) is 0 Å². The minimum Gasteiger partial charge on any atom is -0.206 e. The van der Waals surface area contributed by atoms with Crippen molar-refractivity contribution in [3.05, 3.63) is 47.0 Å². The maximum absolute atomic E-state index is 13.9. The molecule has 30 heavy (non-hydrogen) atoms. The van der Waals surface area contributed by atoms with Gasteiger partial charge in [-0.15, -0.1) is 0 Å². The van der Waals surface area contributed by atoms with Gasteiger partial charge in [-0.2, -0.15) is 13.2 Å². The Morgan fingerprint density at radius 1 is 0.867 bits per heavy atom. The van der Waals surface area contributed by atoms with Gasteiger partial charge in [0, 0.05) is 0 Å². The molecule has 0 saturated heterocycles. The predicted octanol–water partition coefficient (Wildman–Crippen LogP) is 8.81. The van der Waals surface area contributed by atoms with Gasteiger partial charge in [-0.1, -0.05) is 25.5 Å². The van der Waals surface area contributed by atoms with E-state index in [1.165, 1.54) is 32.1 Å². The van der Waals surface area contributed by atoms with Crippen LogP contribution < -0.4 is 0 Å². The summed E-state index contributed by atoms with van der Waals surface area (Å²) in [7, 11) is 0. The minimum atomic E-state index is -5.01. The summed E-state index contributed by atoms with van der Waals surface area (Å²) in [6, 6.07) is 1.76. The number of alkyl halides is 3. The molecule has 0 spiro atoms. The van der Waals surface area contributed by atoms with Crippen molar-refractivity contribution in [2.45, 2.75) is 89.6 Å². The molecule has 0 amide bonds. The highest BCUT2D eigenvalue weighted by molar-refractivity contribution is 5.30. The van der Waals surface area contributed by atoms with Crippen molar-refractivity contribution in [1.29, 1.82) is 0 Å². The second-order valence-corrected chi connectivity index (χ2v) is 9.27. The number of benzene rings is 1. The standard InChI is InChI=1S/C25H33F5/c1-2-17-7-9-18(10-8-17)5-3-4-6-19-11-13-20(14-12-19)21-15-22(26)24(23(27)16-21)25(28,29)30/h3,5,15-20H,2,4,6-14H2,1H3/b5-3+. The highest BCUT2D eigenvalue weighted by Crippen LogP contribution is 2.40. The Balaban J connectivity index is 1.44. The van der Waals surface area contributed by atoms with Gasteiger partial charge in [-0.25, -0.2) is 8.78 Å². The Labute approximate surface area is 176 Å². The SMILES string of the molecule is CCC1CCC(/C=C/CCC2CCC(c3cc(F)c(C(F)(F)F)c(F)c3)CC2)CC1.